The third-order valence-electron chi connectivity index (χ3n) is 3.76. The molecule has 2 aromatic heterocycles. The number of morpholine rings is 1. The number of aromatic nitrogens is 3. The van der Waals surface area contributed by atoms with Crippen molar-refractivity contribution >= 4 is 9.84 Å². The maximum absolute atomic E-state index is 13.0. The molecule has 3 heterocycles. The summed E-state index contributed by atoms with van der Waals surface area (Å²) in [5, 5.41) is 6.64. The van der Waals surface area contributed by atoms with Crippen LogP contribution in [0, 0.1) is 5.82 Å². The largest absolute Gasteiger partial charge is 0.378 e. The molecule has 0 aliphatic carbocycles. The van der Waals surface area contributed by atoms with E-state index in [4.69, 9.17) is 4.74 Å². The van der Waals surface area contributed by atoms with Crippen molar-refractivity contribution in [3.8, 4) is 0 Å². The molecular formula is C14H17FN4O3S. The highest BCUT2D eigenvalue weighted by molar-refractivity contribution is 7.90. The van der Waals surface area contributed by atoms with Crippen LogP contribution in [0.5, 0.6) is 0 Å². The number of H-pyrrole nitrogens is 1. The van der Waals surface area contributed by atoms with Gasteiger partial charge >= 0.3 is 0 Å². The van der Waals surface area contributed by atoms with Gasteiger partial charge in [-0.2, -0.15) is 5.10 Å². The molecule has 1 aliphatic rings. The molecule has 0 unspecified atom stereocenters. The maximum atomic E-state index is 13.0. The molecule has 0 aromatic carbocycles. The lowest BCUT2D eigenvalue weighted by molar-refractivity contribution is -0.0158. The summed E-state index contributed by atoms with van der Waals surface area (Å²) in [6.45, 7) is 1.98. The van der Waals surface area contributed by atoms with Crippen molar-refractivity contribution in [3.05, 3.63) is 41.7 Å². The molecule has 0 saturated carbocycles. The molecule has 1 aliphatic heterocycles. The second-order valence-electron chi connectivity index (χ2n) is 5.45. The minimum absolute atomic E-state index is 0.171. The van der Waals surface area contributed by atoms with Crippen LogP contribution in [0.2, 0.25) is 0 Å². The van der Waals surface area contributed by atoms with Gasteiger partial charge in [0.25, 0.3) is 0 Å². The highest BCUT2D eigenvalue weighted by Gasteiger charge is 2.30. The third kappa shape index (κ3) is 3.57. The molecule has 23 heavy (non-hydrogen) atoms. The van der Waals surface area contributed by atoms with Gasteiger partial charge < -0.3 is 4.74 Å². The van der Waals surface area contributed by atoms with Gasteiger partial charge in [-0.3, -0.25) is 15.0 Å². The molecule has 1 atom stereocenters. The number of rotatable bonds is 4. The number of aromatic amines is 1. The predicted octanol–water partition coefficient (Wildman–Crippen LogP) is 0.921. The number of nitrogens with one attached hydrogen (secondary N) is 1. The van der Waals surface area contributed by atoms with E-state index < -0.39 is 9.84 Å². The van der Waals surface area contributed by atoms with Crippen molar-refractivity contribution in [2.45, 2.75) is 17.5 Å². The zero-order valence-corrected chi connectivity index (χ0v) is 13.4. The first-order valence-electron chi connectivity index (χ1n) is 7.10. The number of ether oxygens (including phenoxy) is 1. The minimum Gasteiger partial charge on any atom is -0.378 e. The molecule has 1 fully saturated rings. The molecule has 3 rings (SSSR count). The van der Waals surface area contributed by atoms with Crippen LogP contribution < -0.4 is 0 Å². The molecule has 0 radical (unpaired) electrons. The smallest absolute Gasteiger partial charge is 0.178 e. The molecule has 1 N–H and O–H groups in total. The summed E-state index contributed by atoms with van der Waals surface area (Å²) in [5.41, 5.74) is 1.22. The van der Waals surface area contributed by atoms with Crippen molar-refractivity contribution in [3.63, 3.8) is 0 Å². The van der Waals surface area contributed by atoms with E-state index in [-0.39, 0.29) is 16.8 Å². The van der Waals surface area contributed by atoms with Gasteiger partial charge in [-0.1, -0.05) is 0 Å². The maximum Gasteiger partial charge on any atom is 0.178 e. The minimum atomic E-state index is -3.38. The van der Waals surface area contributed by atoms with E-state index in [0.29, 0.717) is 37.7 Å². The van der Waals surface area contributed by atoms with Crippen LogP contribution in [0.1, 0.15) is 17.4 Å². The van der Waals surface area contributed by atoms with Gasteiger partial charge in [0.2, 0.25) is 0 Å². The number of sulfone groups is 1. The Bertz CT molecular complexity index is 776. The fourth-order valence-electron chi connectivity index (χ4n) is 2.62. The monoisotopic (exact) mass is 340 g/mol. The van der Waals surface area contributed by atoms with E-state index in [1.165, 1.54) is 18.5 Å². The Balaban J connectivity index is 1.87. The van der Waals surface area contributed by atoms with Crippen LogP contribution >= 0.6 is 0 Å². The van der Waals surface area contributed by atoms with Crippen molar-refractivity contribution < 1.29 is 17.5 Å². The fraction of sp³-hybridized carbons (Fsp3) is 0.429. The summed E-state index contributed by atoms with van der Waals surface area (Å²) in [6, 6.07) is 2.70. The summed E-state index contributed by atoms with van der Waals surface area (Å²) in [7, 11) is -3.38. The Labute approximate surface area is 133 Å². The molecule has 9 heteroatoms. The molecule has 7 nitrogen and oxygen atoms in total. The van der Waals surface area contributed by atoms with Crippen LogP contribution in [-0.4, -0.2) is 54.5 Å². The van der Waals surface area contributed by atoms with E-state index in [1.807, 2.05) is 4.90 Å². The Kier molecular flexibility index (Phi) is 4.42. The quantitative estimate of drug-likeness (QED) is 0.890. The van der Waals surface area contributed by atoms with Gasteiger partial charge in [-0.05, 0) is 12.1 Å². The second kappa shape index (κ2) is 6.34. The number of nitrogens with zero attached hydrogens (tertiary/aromatic N) is 3. The summed E-state index contributed by atoms with van der Waals surface area (Å²) in [4.78, 5) is 6.28. The van der Waals surface area contributed by atoms with Gasteiger partial charge in [-0.15, -0.1) is 0 Å². The highest BCUT2D eigenvalue weighted by Crippen LogP contribution is 2.28. The number of pyridine rings is 1. The van der Waals surface area contributed by atoms with Crippen molar-refractivity contribution in [1.82, 2.24) is 20.1 Å². The highest BCUT2D eigenvalue weighted by atomic mass is 32.2. The van der Waals surface area contributed by atoms with E-state index in [1.54, 1.807) is 6.07 Å². The Morgan fingerprint density at radius 3 is 2.96 bits per heavy atom. The Morgan fingerprint density at radius 1 is 1.43 bits per heavy atom. The average Bonchev–Trinajstić information content (AvgIpc) is 3.00. The van der Waals surface area contributed by atoms with Crippen LogP contribution in [0.15, 0.2) is 29.4 Å². The van der Waals surface area contributed by atoms with Crippen LogP contribution in [-0.2, 0) is 21.1 Å². The first-order chi connectivity index (χ1) is 10.9. The molecule has 1 saturated heterocycles. The normalized spacial score (nSPS) is 19.8. The number of hydrogen-bond donors (Lipinski definition) is 1. The zero-order valence-electron chi connectivity index (χ0n) is 12.6. The molecule has 0 amide bonds. The summed E-state index contributed by atoms with van der Waals surface area (Å²) < 4.78 is 42.2. The summed E-state index contributed by atoms with van der Waals surface area (Å²) >= 11 is 0. The SMILES string of the molecule is CS(=O)(=O)c1cn[nH]c1[C@@H]1COCCN1Cc1ccc(F)cn1. The fourth-order valence-corrected chi connectivity index (χ4v) is 3.45. The van der Waals surface area contributed by atoms with E-state index >= 15 is 0 Å². The Hall–Kier alpha value is -1.84. The topological polar surface area (TPSA) is 88.2 Å². The van der Waals surface area contributed by atoms with Gasteiger partial charge in [0.05, 0.1) is 43.0 Å². The van der Waals surface area contributed by atoms with E-state index in [9.17, 15) is 12.8 Å². The molecule has 124 valence electrons. The van der Waals surface area contributed by atoms with E-state index in [0.717, 1.165) is 6.26 Å². The van der Waals surface area contributed by atoms with Crippen molar-refractivity contribution in [2.24, 2.45) is 0 Å². The number of halogens is 1. The molecular weight excluding hydrogens is 323 g/mol. The lowest BCUT2D eigenvalue weighted by Gasteiger charge is -2.35. The molecule has 0 bridgehead atoms. The van der Waals surface area contributed by atoms with Gasteiger partial charge in [0, 0.05) is 19.3 Å². The first kappa shape index (κ1) is 16.0. The lowest BCUT2D eigenvalue weighted by Crippen LogP contribution is -2.39. The van der Waals surface area contributed by atoms with Crippen LogP contribution in [0.4, 0.5) is 4.39 Å². The first-order valence-corrected chi connectivity index (χ1v) is 9.00. The average molecular weight is 340 g/mol. The van der Waals surface area contributed by atoms with Crippen LogP contribution in [0.25, 0.3) is 0 Å². The predicted molar refractivity (Wildman–Crippen MR) is 79.9 cm³/mol. The third-order valence-corrected chi connectivity index (χ3v) is 4.88. The van der Waals surface area contributed by atoms with Gasteiger partial charge in [0.1, 0.15) is 10.7 Å². The van der Waals surface area contributed by atoms with E-state index in [2.05, 4.69) is 15.2 Å². The lowest BCUT2D eigenvalue weighted by atomic mass is 10.1. The second-order valence-corrected chi connectivity index (χ2v) is 7.43. The van der Waals surface area contributed by atoms with Crippen molar-refractivity contribution in [2.75, 3.05) is 26.0 Å². The van der Waals surface area contributed by atoms with Crippen LogP contribution in [0.3, 0.4) is 0 Å². The van der Waals surface area contributed by atoms with Gasteiger partial charge in [-0.25, -0.2) is 12.8 Å². The zero-order chi connectivity index (χ0) is 16.4. The van der Waals surface area contributed by atoms with Crippen molar-refractivity contribution in [1.29, 1.82) is 0 Å². The number of hydrogen-bond acceptors (Lipinski definition) is 6. The molecule has 0 spiro atoms. The molecule has 2 aromatic rings. The summed E-state index contributed by atoms with van der Waals surface area (Å²) in [5.74, 6) is -0.389. The standard InChI is InChI=1S/C14H17FN4O3S/c1-23(20,21)13-7-17-18-14(13)12-9-22-5-4-19(12)8-11-3-2-10(15)6-16-11/h2-3,6-7,12H,4-5,8-9H2,1H3,(H,17,18)/t12-/m0/s1. The summed E-state index contributed by atoms with van der Waals surface area (Å²) in [6.07, 6.45) is 3.63. The van der Waals surface area contributed by atoms with Gasteiger partial charge in [0.15, 0.2) is 9.84 Å². The Morgan fingerprint density at radius 2 is 2.26 bits per heavy atom.